The highest BCUT2D eigenvalue weighted by Crippen LogP contribution is 2.23. The lowest BCUT2D eigenvalue weighted by molar-refractivity contribution is 0.279. The minimum atomic E-state index is 0.000952. The first-order valence-corrected chi connectivity index (χ1v) is 7.73. The summed E-state index contributed by atoms with van der Waals surface area (Å²) in [4.78, 5) is 7.55. The number of aromatic nitrogens is 2. The second kappa shape index (κ2) is 6.81. The number of rotatable bonds is 6. The van der Waals surface area contributed by atoms with Crippen molar-refractivity contribution in [3.8, 4) is 5.75 Å². The van der Waals surface area contributed by atoms with Gasteiger partial charge in [0.1, 0.15) is 5.75 Å². The largest absolute Gasteiger partial charge is 0.508 e. The SMILES string of the molecule is C[C@@H](Cc1c[nH]c2ccc(O)cc12)NCc1ncccc1CO. The molecule has 5 nitrogen and oxygen atoms in total. The van der Waals surface area contributed by atoms with E-state index in [0.717, 1.165) is 28.6 Å². The number of pyridine rings is 1. The normalized spacial score (nSPS) is 12.6. The highest BCUT2D eigenvalue weighted by Gasteiger charge is 2.10. The van der Waals surface area contributed by atoms with Gasteiger partial charge in [-0.1, -0.05) is 6.07 Å². The van der Waals surface area contributed by atoms with E-state index in [1.54, 1.807) is 18.3 Å². The number of nitrogens with zero attached hydrogens (tertiary/aromatic N) is 1. The maximum absolute atomic E-state index is 9.66. The molecule has 0 unspecified atom stereocenters. The molecule has 0 amide bonds. The second-order valence-electron chi connectivity index (χ2n) is 5.80. The van der Waals surface area contributed by atoms with Crippen LogP contribution in [0.5, 0.6) is 5.75 Å². The van der Waals surface area contributed by atoms with Gasteiger partial charge in [0.25, 0.3) is 0 Å². The molecule has 0 spiro atoms. The zero-order valence-electron chi connectivity index (χ0n) is 13.1. The number of hydrogen-bond acceptors (Lipinski definition) is 4. The summed E-state index contributed by atoms with van der Waals surface area (Å²) >= 11 is 0. The van der Waals surface area contributed by atoms with E-state index < -0.39 is 0 Å². The molecule has 2 heterocycles. The van der Waals surface area contributed by atoms with E-state index in [-0.39, 0.29) is 18.4 Å². The predicted molar refractivity (Wildman–Crippen MR) is 90.1 cm³/mol. The Hall–Kier alpha value is -2.37. The molecule has 2 aromatic heterocycles. The first-order chi connectivity index (χ1) is 11.2. The molecule has 3 aromatic rings. The van der Waals surface area contributed by atoms with Crippen molar-refractivity contribution in [1.29, 1.82) is 0 Å². The Bertz CT molecular complexity index is 798. The van der Waals surface area contributed by atoms with Gasteiger partial charge in [0.2, 0.25) is 0 Å². The molecule has 0 aliphatic heterocycles. The van der Waals surface area contributed by atoms with Crippen molar-refractivity contribution in [3.63, 3.8) is 0 Å². The number of fused-ring (bicyclic) bond motifs is 1. The molecule has 3 rings (SSSR count). The number of aromatic amines is 1. The number of aromatic hydroxyl groups is 1. The van der Waals surface area contributed by atoms with Crippen LogP contribution in [0.1, 0.15) is 23.7 Å². The third-order valence-corrected chi connectivity index (χ3v) is 4.05. The molecule has 1 aromatic carbocycles. The number of phenolic OH excluding ortho intramolecular Hbond substituents is 1. The average Bonchev–Trinajstić information content (AvgIpc) is 2.95. The lowest BCUT2D eigenvalue weighted by Crippen LogP contribution is -2.28. The zero-order chi connectivity index (χ0) is 16.2. The molecular weight excluding hydrogens is 290 g/mol. The van der Waals surface area contributed by atoms with Gasteiger partial charge in [-0.05, 0) is 43.2 Å². The smallest absolute Gasteiger partial charge is 0.116 e. The summed E-state index contributed by atoms with van der Waals surface area (Å²) in [6.45, 7) is 2.73. The number of hydrogen-bond donors (Lipinski definition) is 4. The van der Waals surface area contributed by atoms with Crippen LogP contribution < -0.4 is 5.32 Å². The molecule has 0 radical (unpaired) electrons. The topological polar surface area (TPSA) is 81.2 Å². The summed E-state index contributed by atoms with van der Waals surface area (Å²) < 4.78 is 0. The maximum Gasteiger partial charge on any atom is 0.116 e. The summed E-state index contributed by atoms with van der Waals surface area (Å²) in [5, 5.41) is 23.5. The van der Waals surface area contributed by atoms with Gasteiger partial charge in [-0.15, -0.1) is 0 Å². The molecule has 0 aliphatic carbocycles. The number of nitrogens with one attached hydrogen (secondary N) is 2. The molecule has 5 heteroatoms. The molecule has 0 saturated carbocycles. The fourth-order valence-electron chi connectivity index (χ4n) is 2.78. The highest BCUT2D eigenvalue weighted by atomic mass is 16.3. The molecule has 120 valence electrons. The van der Waals surface area contributed by atoms with Crippen molar-refractivity contribution in [3.05, 3.63) is 59.5 Å². The summed E-state index contributed by atoms with van der Waals surface area (Å²) in [7, 11) is 0. The first kappa shape index (κ1) is 15.5. The minimum Gasteiger partial charge on any atom is -0.508 e. The monoisotopic (exact) mass is 311 g/mol. The van der Waals surface area contributed by atoms with Gasteiger partial charge in [-0.25, -0.2) is 0 Å². The summed E-state index contributed by atoms with van der Waals surface area (Å²) in [5.41, 5.74) is 3.92. The average molecular weight is 311 g/mol. The van der Waals surface area contributed by atoms with Crippen molar-refractivity contribution >= 4 is 10.9 Å². The van der Waals surface area contributed by atoms with Crippen LogP contribution in [-0.4, -0.2) is 26.2 Å². The Balaban J connectivity index is 1.67. The van der Waals surface area contributed by atoms with Crippen LogP contribution >= 0.6 is 0 Å². The Labute approximate surface area is 135 Å². The van der Waals surface area contributed by atoms with E-state index in [1.807, 2.05) is 24.4 Å². The number of aliphatic hydroxyl groups excluding tert-OH is 1. The molecule has 1 atom stereocenters. The number of H-pyrrole nitrogens is 1. The fraction of sp³-hybridized carbons (Fsp3) is 0.278. The van der Waals surface area contributed by atoms with Crippen LogP contribution in [0.4, 0.5) is 0 Å². The molecule has 0 fully saturated rings. The van der Waals surface area contributed by atoms with Crippen LogP contribution in [0.25, 0.3) is 10.9 Å². The third kappa shape index (κ3) is 3.52. The summed E-state index contributed by atoms with van der Waals surface area (Å²) in [5.74, 6) is 0.278. The van der Waals surface area contributed by atoms with Crippen molar-refractivity contribution < 1.29 is 10.2 Å². The van der Waals surface area contributed by atoms with Crippen LogP contribution in [0.3, 0.4) is 0 Å². The molecular formula is C18H21N3O2. The highest BCUT2D eigenvalue weighted by molar-refractivity contribution is 5.84. The van der Waals surface area contributed by atoms with Gasteiger partial charge in [-0.2, -0.15) is 0 Å². The molecule has 4 N–H and O–H groups in total. The van der Waals surface area contributed by atoms with Crippen molar-refractivity contribution in [1.82, 2.24) is 15.3 Å². The van der Waals surface area contributed by atoms with Crippen molar-refractivity contribution in [2.24, 2.45) is 0 Å². The summed E-state index contributed by atoms with van der Waals surface area (Å²) in [6, 6.07) is 9.31. The van der Waals surface area contributed by atoms with Gasteiger partial charge in [-0.3, -0.25) is 4.98 Å². The van der Waals surface area contributed by atoms with Crippen LogP contribution in [0, 0.1) is 0 Å². The molecule has 23 heavy (non-hydrogen) atoms. The van der Waals surface area contributed by atoms with Gasteiger partial charge in [0.15, 0.2) is 0 Å². The van der Waals surface area contributed by atoms with Gasteiger partial charge >= 0.3 is 0 Å². The van der Waals surface area contributed by atoms with E-state index in [1.165, 1.54) is 5.56 Å². The van der Waals surface area contributed by atoms with Crippen LogP contribution in [-0.2, 0) is 19.6 Å². The van der Waals surface area contributed by atoms with E-state index in [0.29, 0.717) is 6.54 Å². The number of benzene rings is 1. The first-order valence-electron chi connectivity index (χ1n) is 7.73. The number of phenols is 1. The lowest BCUT2D eigenvalue weighted by atomic mass is 10.1. The van der Waals surface area contributed by atoms with Gasteiger partial charge in [0.05, 0.1) is 12.3 Å². The molecule has 0 saturated heterocycles. The van der Waals surface area contributed by atoms with Crippen molar-refractivity contribution in [2.75, 3.05) is 0 Å². The Morgan fingerprint density at radius 3 is 2.96 bits per heavy atom. The zero-order valence-corrected chi connectivity index (χ0v) is 13.1. The predicted octanol–water partition coefficient (Wildman–Crippen LogP) is 2.48. The summed E-state index contributed by atoms with van der Waals surface area (Å²) in [6.07, 6.45) is 4.57. The van der Waals surface area contributed by atoms with E-state index in [4.69, 9.17) is 0 Å². The minimum absolute atomic E-state index is 0.000952. The lowest BCUT2D eigenvalue weighted by Gasteiger charge is -2.14. The van der Waals surface area contributed by atoms with E-state index in [2.05, 4.69) is 22.2 Å². The Kier molecular flexibility index (Phi) is 4.60. The number of aliphatic hydroxyl groups is 1. The Morgan fingerprint density at radius 1 is 1.26 bits per heavy atom. The standard InChI is InChI=1S/C18H21N3O2/c1-12(20-10-18-13(11-22)3-2-6-19-18)7-14-9-21-17-5-4-15(23)8-16(14)17/h2-6,8-9,12,20-23H,7,10-11H2,1H3/t12-/m0/s1. The van der Waals surface area contributed by atoms with E-state index in [9.17, 15) is 10.2 Å². The second-order valence-corrected chi connectivity index (χ2v) is 5.80. The molecule has 0 bridgehead atoms. The quantitative estimate of drug-likeness (QED) is 0.564. The molecule has 0 aliphatic rings. The Morgan fingerprint density at radius 2 is 2.13 bits per heavy atom. The van der Waals surface area contributed by atoms with Crippen LogP contribution in [0.15, 0.2) is 42.7 Å². The van der Waals surface area contributed by atoms with E-state index >= 15 is 0 Å². The maximum atomic E-state index is 9.66. The third-order valence-electron chi connectivity index (χ3n) is 4.05. The van der Waals surface area contributed by atoms with Crippen LogP contribution in [0.2, 0.25) is 0 Å². The van der Waals surface area contributed by atoms with Crippen molar-refractivity contribution in [2.45, 2.75) is 32.5 Å². The van der Waals surface area contributed by atoms with Gasteiger partial charge in [0, 0.05) is 41.4 Å². The fourth-order valence-corrected chi connectivity index (χ4v) is 2.78. The van der Waals surface area contributed by atoms with Gasteiger partial charge < -0.3 is 20.5 Å².